The minimum absolute atomic E-state index is 0.130. The molecule has 0 unspecified atom stereocenters. The molecule has 3 aromatic rings. The molecule has 2 aromatic heterocycles. The molecule has 180 valence electrons. The maximum atomic E-state index is 13.5. The molecular formula is C26H26N4O3S2. The van der Waals surface area contributed by atoms with Crippen LogP contribution in [-0.4, -0.2) is 42.2 Å². The number of aliphatic hydroxyl groups is 1. The lowest BCUT2D eigenvalue weighted by Gasteiger charge is -2.21. The van der Waals surface area contributed by atoms with Gasteiger partial charge in [-0.3, -0.25) is 18.9 Å². The molecule has 0 spiro atoms. The Bertz CT molecular complexity index is 1380. The SMILES string of the molecule is Cc1cccn2c(=O)c(/C=C3\SC(=S)N(C4CCCC4)C3=O)c(NC[C@H](O)c3ccccc3)nc12. The molecule has 7 nitrogen and oxygen atoms in total. The van der Waals surface area contributed by atoms with Gasteiger partial charge in [0.2, 0.25) is 0 Å². The van der Waals surface area contributed by atoms with Crippen molar-refractivity contribution in [3.05, 3.63) is 80.6 Å². The topological polar surface area (TPSA) is 86.9 Å². The van der Waals surface area contributed by atoms with E-state index in [1.54, 1.807) is 23.2 Å². The maximum Gasteiger partial charge on any atom is 0.267 e. The molecule has 35 heavy (non-hydrogen) atoms. The molecule has 9 heteroatoms. The Hall–Kier alpha value is -3.01. The van der Waals surface area contributed by atoms with Crippen LogP contribution in [0, 0.1) is 6.92 Å². The van der Waals surface area contributed by atoms with E-state index in [0.29, 0.717) is 20.7 Å². The Morgan fingerprint density at radius 1 is 1.20 bits per heavy atom. The van der Waals surface area contributed by atoms with Crippen LogP contribution in [-0.2, 0) is 4.79 Å². The second kappa shape index (κ2) is 9.93. The molecule has 2 fully saturated rings. The number of aryl methyl sites for hydroxylation is 1. The van der Waals surface area contributed by atoms with Crippen molar-refractivity contribution < 1.29 is 9.90 Å². The molecular weight excluding hydrogens is 480 g/mol. The minimum Gasteiger partial charge on any atom is -0.387 e. The lowest BCUT2D eigenvalue weighted by molar-refractivity contribution is -0.123. The molecule has 1 aliphatic heterocycles. The summed E-state index contributed by atoms with van der Waals surface area (Å²) in [6, 6.07) is 13.1. The van der Waals surface area contributed by atoms with E-state index in [9.17, 15) is 14.7 Å². The van der Waals surface area contributed by atoms with Crippen molar-refractivity contribution in [1.82, 2.24) is 14.3 Å². The number of thioether (sulfide) groups is 1. The van der Waals surface area contributed by atoms with E-state index in [2.05, 4.69) is 5.32 Å². The highest BCUT2D eigenvalue weighted by Gasteiger charge is 2.38. The lowest BCUT2D eigenvalue weighted by Crippen LogP contribution is -2.36. The van der Waals surface area contributed by atoms with Gasteiger partial charge in [0.15, 0.2) is 0 Å². The highest BCUT2D eigenvalue weighted by atomic mass is 32.2. The Balaban J connectivity index is 1.53. The summed E-state index contributed by atoms with van der Waals surface area (Å²) in [5, 5.41) is 13.8. The van der Waals surface area contributed by atoms with Crippen LogP contribution in [0.3, 0.4) is 0 Å². The number of carbonyl (C=O) groups excluding carboxylic acids is 1. The number of amides is 1. The highest BCUT2D eigenvalue weighted by molar-refractivity contribution is 8.26. The summed E-state index contributed by atoms with van der Waals surface area (Å²) in [6.45, 7) is 2.04. The standard InChI is InChI=1S/C26H26N4O3S2/c1-16-8-7-13-29-23(16)28-22(27-15-20(31)17-9-3-2-4-10-17)19(24(29)32)14-21-25(33)30(26(34)35-21)18-11-5-6-12-18/h2-4,7-10,13-14,18,20,27,31H,5-6,11-12,15H2,1H3/b21-14-/t20-/m0/s1. The average molecular weight is 507 g/mol. The number of hydrogen-bond donors (Lipinski definition) is 2. The van der Waals surface area contributed by atoms with Crippen molar-refractivity contribution in [1.29, 1.82) is 0 Å². The number of hydrogen-bond acceptors (Lipinski definition) is 7. The van der Waals surface area contributed by atoms with Gasteiger partial charge in [-0.15, -0.1) is 0 Å². The molecule has 1 saturated carbocycles. The van der Waals surface area contributed by atoms with Gasteiger partial charge in [-0.25, -0.2) is 4.98 Å². The number of pyridine rings is 1. The van der Waals surface area contributed by atoms with E-state index in [0.717, 1.165) is 36.8 Å². The van der Waals surface area contributed by atoms with Crippen LogP contribution in [0.25, 0.3) is 11.7 Å². The summed E-state index contributed by atoms with van der Waals surface area (Å²) in [5.41, 5.74) is 2.09. The van der Waals surface area contributed by atoms with Gasteiger partial charge >= 0.3 is 0 Å². The highest BCUT2D eigenvalue weighted by Crippen LogP contribution is 2.38. The number of aliphatic hydroxyl groups excluding tert-OH is 1. The van der Waals surface area contributed by atoms with Crippen LogP contribution >= 0.6 is 24.0 Å². The zero-order valence-corrected chi connectivity index (χ0v) is 20.9. The van der Waals surface area contributed by atoms with E-state index in [4.69, 9.17) is 17.2 Å². The van der Waals surface area contributed by atoms with E-state index < -0.39 is 6.10 Å². The average Bonchev–Trinajstić information content (AvgIpc) is 3.48. The number of nitrogens with zero attached hydrogens (tertiary/aromatic N) is 3. The molecule has 1 aromatic carbocycles. The number of carbonyl (C=O) groups is 1. The summed E-state index contributed by atoms with van der Waals surface area (Å²) in [6.07, 6.45) is 6.55. The molecule has 1 amide bonds. The zero-order valence-electron chi connectivity index (χ0n) is 19.3. The lowest BCUT2D eigenvalue weighted by atomic mass is 10.1. The van der Waals surface area contributed by atoms with E-state index in [1.165, 1.54) is 16.2 Å². The number of aromatic nitrogens is 2. The van der Waals surface area contributed by atoms with Crippen molar-refractivity contribution in [3.8, 4) is 0 Å². The number of rotatable bonds is 6. The quantitative estimate of drug-likeness (QED) is 0.381. The largest absolute Gasteiger partial charge is 0.387 e. The van der Waals surface area contributed by atoms with Crippen molar-refractivity contribution >= 4 is 51.7 Å². The predicted octanol–water partition coefficient (Wildman–Crippen LogP) is 4.29. The predicted molar refractivity (Wildman–Crippen MR) is 143 cm³/mol. The van der Waals surface area contributed by atoms with Gasteiger partial charge in [0.25, 0.3) is 11.5 Å². The van der Waals surface area contributed by atoms with Crippen LogP contribution in [0.5, 0.6) is 0 Å². The first-order valence-corrected chi connectivity index (χ1v) is 12.9. The van der Waals surface area contributed by atoms with Crippen LogP contribution in [0.2, 0.25) is 0 Å². The molecule has 1 atom stereocenters. The second-order valence-electron chi connectivity index (χ2n) is 8.86. The fraction of sp³-hybridized carbons (Fsp3) is 0.308. The summed E-state index contributed by atoms with van der Waals surface area (Å²) >= 11 is 6.75. The third-order valence-corrected chi connectivity index (χ3v) is 7.85. The number of benzene rings is 1. The maximum absolute atomic E-state index is 13.5. The Morgan fingerprint density at radius 3 is 2.69 bits per heavy atom. The van der Waals surface area contributed by atoms with Gasteiger partial charge in [0, 0.05) is 18.8 Å². The van der Waals surface area contributed by atoms with Gasteiger partial charge in [0.1, 0.15) is 15.8 Å². The van der Waals surface area contributed by atoms with Gasteiger partial charge in [-0.2, -0.15) is 0 Å². The third kappa shape index (κ3) is 4.63. The molecule has 0 bridgehead atoms. The van der Waals surface area contributed by atoms with Gasteiger partial charge in [-0.1, -0.05) is 73.2 Å². The minimum atomic E-state index is -0.790. The smallest absolute Gasteiger partial charge is 0.267 e. The fourth-order valence-corrected chi connectivity index (χ4v) is 6.03. The van der Waals surface area contributed by atoms with Gasteiger partial charge < -0.3 is 10.4 Å². The second-order valence-corrected chi connectivity index (χ2v) is 10.5. The molecule has 5 rings (SSSR count). The molecule has 0 radical (unpaired) electrons. The van der Waals surface area contributed by atoms with E-state index in [1.807, 2.05) is 43.3 Å². The summed E-state index contributed by atoms with van der Waals surface area (Å²) in [4.78, 5) is 33.6. The van der Waals surface area contributed by atoms with E-state index >= 15 is 0 Å². The van der Waals surface area contributed by atoms with Crippen LogP contribution < -0.4 is 10.9 Å². The monoisotopic (exact) mass is 506 g/mol. The molecule has 1 saturated heterocycles. The first kappa shape index (κ1) is 23.7. The fourth-order valence-electron chi connectivity index (χ4n) is 4.65. The first-order chi connectivity index (χ1) is 16.9. The Morgan fingerprint density at radius 2 is 1.94 bits per heavy atom. The normalized spacial score (nSPS) is 18.7. The van der Waals surface area contributed by atoms with E-state index in [-0.39, 0.29) is 29.6 Å². The Kier molecular flexibility index (Phi) is 6.73. The molecule has 2 aliphatic rings. The summed E-state index contributed by atoms with van der Waals surface area (Å²) in [5.74, 6) is 0.168. The molecule has 1 aliphatic carbocycles. The van der Waals surface area contributed by atoms with Crippen molar-refractivity contribution in [2.75, 3.05) is 11.9 Å². The summed E-state index contributed by atoms with van der Waals surface area (Å²) in [7, 11) is 0. The zero-order chi connectivity index (χ0) is 24.5. The van der Waals surface area contributed by atoms with Crippen LogP contribution in [0.4, 0.5) is 5.82 Å². The van der Waals surface area contributed by atoms with Crippen LogP contribution in [0.1, 0.15) is 48.5 Å². The van der Waals surface area contributed by atoms with Crippen molar-refractivity contribution in [2.24, 2.45) is 0 Å². The number of anilines is 1. The van der Waals surface area contributed by atoms with Crippen molar-refractivity contribution in [3.63, 3.8) is 0 Å². The third-order valence-electron chi connectivity index (χ3n) is 6.52. The first-order valence-electron chi connectivity index (χ1n) is 11.7. The Labute approximate surface area is 212 Å². The molecule has 3 heterocycles. The summed E-state index contributed by atoms with van der Waals surface area (Å²) < 4.78 is 2.02. The van der Waals surface area contributed by atoms with Crippen molar-refractivity contribution in [2.45, 2.75) is 44.8 Å². The van der Waals surface area contributed by atoms with Gasteiger partial charge in [-0.05, 0) is 43.0 Å². The van der Waals surface area contributed by atoms with Crippen LogP contribution in [0.15, 0.2) is 58.4 Å². The van der Waals surface area contributed by atoms with Gasteiger partial charge in [0.05, 0.1) is 16.6 Å². The number of thiocarbonyl (C=S) groups is 1. The number of nitrogens with one attached hydrogen (secondary N) is 1. The molecule has 2 N–H and O–H groups in total. The number of fused-ring (bicyclic) bond motifs is 1.